The Hall–Kier alpha value is -2.76. The molecule has 0 radical (unpaired) electrons. The summed E-state index contributed by atoms with van der Waals surface area (Å²) < 4.78 is 81.9. The van der Waals surface area contributed by atoms with Crippen LogP contribution >= 0.6 is 0 Å². The van der Waals surface area contributed by atoms with E-state index in [1.165, 1.54) is 12.1 Å². The normalized spacial score (nSPS) is 25.2. The van der Waals surface area contributed by atoms with E-state index in [9.17, 15) is 31.2 Å². The fourth-order valence-electron chi connectivity index (χ4n) is 4.87. The highest BCUT2D eigenvalue weighted by atomic mass is 32.2. The predicted molar refractivity (Wildman–Crippen MR) is 129 cm³/mol. The number of alkyl halides is 4. The lowest BCUT2D eigenvalue weighted by molar-refractivity contribution is -0.150. The Balaban J connectivity index is 0.00000400. The van der Waals surface area contributed by atoms with Crippen molar-refractivity contribution in [3.8, 4) is 6.07 Å². The molecule has 9 nitrogen and oxygen atoms in total. The van der Waals surface area contributed by atoms with Gasteiger partial charge in [0.25, 0.3) is 16.1 Å². The van der Waals surface area contributed by atoms with Crippen molar-refractivity contribution in [3.63, 3.8) is 0 Å². The topological polar surface area (TPSA) is 114 Å². The van der Waals surface area contributed by atoms with Crippen molar-refractivity contribution in [1.82, 2.24) is 18.8 Å². The number of hydrogen-bond donors (Lipinski definition) is 1. The third kappa shape index (κ3) is 5.94. The minimum absolute atomic E-state index is 0. The number of hydrogen-bond acceptors (Lipinski definition) is 5. The number of nitrogens with zero attached hydrogens (tertiary/aromatic N) is 4. The Morgan fingerprint density at radius 1 is 1.11 bits per heavy atom. The number of rotatable bonds is 6. The fourth-order valence-corrected chi connectivity index (χ4v) is 6.67. The SMILES string of the molecule is C.N#CC1CN(S(=O)(=O)N2CCCC(F)(C(=O)N3CCC[C@@H]3C(=O)NCc3ccc(C(F)(F)F)cc3)C2)C1. The van der Waals surface area contributed by atoms with E-state index in [1.807, 2.05) is 6.07 Å². The van der Waals surface area contributed by atoms with Crippen molar-refractivity contribution in [1.29, 1.82) is 5.26 Å². The lowest BCUT2D eigenvalue weighted by atomic mass is 9.94. The van der Waals surface area contributed by atoms with Gasteiger partial charge in [0.15, 0.2) is 0 Å². The largest absolute Gasteiger partial charge is 0.416 e. The molecule has 1 aromatic rings. The molecule has 1 aromatic carbocycles. The van der Waals surface area contributed by atoms with Crippen molar-refractivity contribution in [2.24, 2.45) is 5.92 Å². The second-order valence-electron chi connectivity index (χ2n) is 9.62. The highest BCUT2D eigenvalue weighted by Crippen LogP contribution is 2.34. The van der Waals surface area contributed by atoms with Crippen molar-refractivity contribution in [2.75, 3.05) is 32.7 Å². The maximum atomic E-state index is 16.0. The van der Waals surface area contributed by atoms with E-state index in [1.54, 1.807) is 0 Å². The average molecular weight is 562 g/mol. The van der Waals surface area contributed by atoms with Crippen molar-refractivity contribution < 1.29 is 35.6 Å². The van der Waals surface area contributed by atoms with Gasteiger partial charge in [-0.3, -0.25) is 9.59 Å². The molecule has 0 bridgehead atoms. The van der Waals surface area contributed by atoms with E-state index in [2.05, 4.69) is 5.32 Å². The van der Waals surface area contributed by atoms with Crippen LogP contribution < -0.4 is 5.32 Å². The van der Waals surface area contributed by atoms with Gasteiger partial charge in [0.2, 0.25) is 11.6 Å². The summed E-state index contributed by atoms with van der Waals surface area (Å²) >= 11 is 0. The van der Waals surface area contributed by atoms with Crippen LogP contribution in [-0.2, 0) is 32.5 Å². The van der Waals surface area contributed by atoms with Crippen molar-refractivity contribution in [3.05, 3.63) is 35.4 Å². The first-order chi connectivity index (χ1) is 17.3. The molecule has 3 heterocycles. The van der Waals surface area contributed by atoms with E-state index in [0.29, 0.717) is 12.0 Å². The van der Waals surface area contributed by atoms with Crippen LogP contribution in [0.15, 0.2) is 24.3 Å². The molecule has 0 spiro atoms. The van der Waals surface area contributed by atoms with Crippen LogP contribution in [0.5, 0.6) is 0 Å². The highest BCUT2D eigenvalue weighted by Gasteiger charge is 2.52. The van der Waals surface area contributed by atoms with Gasteiger partial charge in [-0.05, 0) is 43.4 Å². The highest BCUT2D eigenvalue weighted by molar-refractivity contribution is 7.86. The zero-order chi connectivity index (χ0) is 27.0. The van der Waals surface area contributed by atoms with E-state index in [-0.39, 0.29) is 59.4 Å². The number of halogens is 4. The lowest BCUT2D eigenvalue weighted by Crippen LogP contribution is -2.62. The van der Waals surface area contributed by atoms with Gasteiger partial charge in [0, 0.05) is 32.7 Å². The molecule has 3 aliphatic heterocycles. The molecule has 0 aliphatic carbocycles. The van der Waals surface area contributed by atoms with E-state index < -0.39 is 57.9 Å². The number of likely N-dealkylation sites (tertiary alicyclic amines) is 1. The van der Waals surface area contributed by atoms with Gasteiger partial charge in [0.05, 0.1) is 24.1 Å². The summed E-state index contributed by atoms with van der Waals surface area (Å²) in [5.41, 5.74) is -2.89. The van der Waals surface area contributed by atoms with Gasteiger partial charge < -0.3 is 10.2 Å². The Bertz CT molecular complexity index is 1180. The van der Waals surface area contributed by atoms with Crippen LogP contribution in [0.25, 0.3) is 0 Å². The van der Waals surface area contributed by atoms with Gasteiger partial charge in [0.1, 0.15) is 6.04 Å². The molecule has 3 aliphatic rings. The molecular weight excluding hydrogens is 530 g/mol. The molecular formula is C24H31F4N5O4S. The molecule has 2 amide bonds. The molecule has 1 unspecified atom stereocenters. The molecule has 4 rings (SSSR count). The second-order valence-corrected chi connectivity index (χ2v) is 11.6. The Kier molecular flexibility index (Phi) is 8.74. The second kappa shape index (κ2) is 11.2. The standard InChI is InChI=1S/C23H27F4N5O4S.CH4/c24-22(8-2-9-30(15-22)37(35,36)31-13-17(11-28)14-31)21(34)32-10-1-3-19(32)20(33)29-12-16-4-6-18(7-5-16)23(25,26)27;/h4-7,17,19H,1-3,8-10,12-15H2,(H,29,33);1H4/t19-,22?;/m1./s1. The van der Waals surface area contributed by atoms with Crippen molar-refractivity contribution in [2.45, 2.75) is 57.5 Å². The molecule has 3 fully saturated rings. The van der Waals surface area contributed by atoms with Gasteiger partial charge in [-0.2, -0.15) is 35.5 Å². The Labute approximate surface area is 219 Å². The predicted octanol–water partition coefficient (Wildman–Crippen LogP) is 2.45. The molecule has 14 heteroatoms. The number of benzene rings is 1. The van der Waals surface area contributed by atoms with Gasteiger partial charge in [-0.15, -0.1) is 0 Å². The van der Waals surface area contributed by atoms with Crippen LogP contribution in [0.3, 0.4) is 0 Å². The minimum atomic E-state index is -4.48. The molecule has 2 atom stereocenters. The summed E-state index contributed by atoms with van der Waals surface area (Å²) in [5, 5.41) is 11.5. The van der Waals surface area contributed by atoms with Crippen LogP contribution in [0.2, 0.25) is 0 Å². The average Bonchev–Trinajstić information content (AvgIpc) is 3.31. The summed E-state index contributed by atoms with van der Waals surface area (Å²) in [6.45, 7) is -0.510. The fraction of sp³-hybridized carbons (Fsp3) is 0.625. The van der Waals surface area contributed by atoms with E-state index in [4.69, 9.17) is 5.26 Å². The number of carbonyl (C=O) groups is 2. The number of nitriles is 1. The third-order valence-electron chi connectivity index (χ3n) is 7.04. The van der Waals surface area contributed by atoms with Gasteiger partial charge in [-0.1, -0.05) is 19.6 Å². The summed E-state index contributed by atoms with van der Waals surface area (Å²) in [6, 6.07) is 5.31. The molecule has 0 aromatic heterocycles. The quantitative estimate of drug-likeness (QED) is 0.536. The van der Waals surface area contributed by atoms with Crippen LogP contribution in [0.1, 0.15) is 44.2 Å². The molecule has 3 saturated heterocycles. The lowest BCUT2D eigenvalue weighted by Gasteiger charge is -2.42. The number of piperidine rings is 1. The minimum Gasteiger partial charge on any atom is -0.350 e. The summed E-state index contributed by atoms with van der Waals surface area (Å²) in [5.74, 6) is -1.92. The van der Waals surface area contributed by atoms with Crippen LogP contribution in [0.4, 0.5) is 17.6 Å². The van der Waals surface area contributed by atoms with E-state index >= 15 is 4.39 Å². The molecule has 0 saturated carbocycles. The Morgan fingerprint density at radius 3 is 2.37 bits per heavy atom. The number of amides is 2. The van der Waals surface area contributed by atoms with Crippen LogP contribution in [-0.4, -0.2) is 78.2 Å². The summed E-state index contributed by atoms with van der Waals surface area (Å²) in [6.07, 6.45) is -3.81. The van der Waals surface area contributed by atoms with Crippen molar-refractivity contribution >= 4 is 22.0 Å². The first kappa shape index (κ1) is 29.8. The molecule has 1 N–H and O–H groups in total. The molecule has 210 valence electrons. The summed E-state index contributed by atoms with van der Waals surface area (Å²) in [7, 11) is -4.02. The third-order valence-corrected chi connectivity index (χ3v) is 8.95. The Morgan fingerprint density at radius 2 is 1.76 bits per heavy atom. The van der Waals surface area contributed by atoms with Gasteiger partial charge >= 0.3 is 6.18 Å². The van der Waals surface area contributed by atoms with Gasteiger partial charge in [-0.25, -0.2) is 4.39 Å². The zero-order valence-electron chi connectivity index (χ0n) is 19.9. The maximum Gasteiger partial charge on any atom is 0.416 e. The molecule has 38 heavy (non-hydrogen) atoms. The first-order valence-electron chi connectivity index (χ1n) is 11.9. The first-order valence-corrected chi connectivity index (χ1v) is 13.3. The number of nitrogens with one attached hydrogen (secondary N) is 1. The van der Waals surface area contributed by atoms with E-state index in [0.717, 1.165) is 25.6 Å². The van der Waals surface area contributed by atoms with Crippen LogP contribution in [0, 0.1) is 17.2 Å². The smallest absolute Gasteiger partial charge is 0.350 e. The zero-order valence-corrected chi connectivity index (χ0v) is 20.7. The maximum absolute atomic E-state index is 16.0. The number of carbonyl (C=O) groups excluding carboxylic acids is 2. The summed E-state index contributed by atoms with van der Waals surface area (Å²) in [4.78, 5) is 27.2. The monoisotopic (exact) mass is 561 g/mol.